The highest BCUT2D eigenvalue weighted by Crippen LogP contribution is 2.28. The van der Waals surface area contributed by atoms with Crippen molar-refractivity contribution in [1.29, 1.82) is 0 Å². The molecule has 5 heteroatoms. The van der Waals surface area contributed by atoms with Crippen LogP contribution in [0, 0.1) is 0 Å². The standard InChI is InChI=1S/C12H20N2O3/c1-3-4-8-13-11(17)14-9-6-5-7-12(14,2)10(15)16/h3H,1,4-9H2,2H3,(H,13,17)(H,15,16). The van der Waals surface area contributed by atoms with Crippen LogP contribution in [0.25, 0.3) is 0 Å². The van der Waals surface area contributed by atoms with Gasteiger partial charge in [0.2, 0.25) is 0 Å². The summed E-state index contributed by atoms with van der Waals surface area (Å²) in [6, 6.07) is -0.295. The Morgan fingerprint density at radius 1 is 1.53 bits per heavy atom. The molecule has 1 aliphatic rings. The molecule has 2 amide bonds. The Morgan fingerprint density at radius 2 is 2.24 bits per heavy atom. The van der Waals surface area contributed by atoms with Crippen LogP contribution < -0.4 is 5.32 Å². The molecule has 1 atom stereocenters. The van der Waals surface area contributed by atoms with E-state index in [4.69, 9.17) is 0 Å². The number of nitrogens with zero attached hydrogens (tertiary/aromatic N) is 1. The Hall–Kier alpha value is -1.52. The zero-order chi connectivity index (χ0) is 12.9. The van der Waals surface area contributed by atoms with Gasteiger partial charge in [0.25, 0.3) is 0 Å². The molecule has 96 valence electrons. The van der Waals surface area contributed by atoms with E-state index in [1.165, 1.54) is 4.90 Å². The first kappa shape index (κ1) is 13.5. The van der Waals surface area contributed by atoms with E-state index >= 15 is 0 Å². The number of urea groups is 1. The number of carbonyl (C=O) groups excluding carboxylic acids is 1. The lowest BCUT2D eigenvalue weighted by molar-refractivity contribution is -0.150. The van der Waals surface area contributed by atoms with Crippen LogP contribution in [0.4, 0.5) is 4.79 Å². The van der Waals surface area contributed by atoms with Crippen molar-refractivity contribution in [3.05, 3.63) is 12.7 Å². The summed E-state index contributed by atoms with van der Waals surface area (Å²) in [6.07, 6.45) is 4.62. The number of carboxylic acids is 1. The van der Waals surface area contributed by atoms with Gasteiger partial charge in [-0.2, -0.15) is 0 Å². The SMILES string of the molecule is C=CCCNC(=O)N1CCCCC1(C)C(=O)O. The monoisotopic (exact) mass is 240 g/mol. The first-order valence-electron chi connectivity index (χ1n) is 5.92. The van der Waals surface area contributed by atoms with Crippen LogP contribution in [0.3, 0.4) is 0 Å². The van der Waals surface area contributed by atoms with E-state index in [0.717, 1.165) is 12.8 Å². The van der Waals surface area contributed by atoms with Crippen molar-refractivity contribution in [3.63, 3.8) is 0 Å². The fraction of sp³-hybridized carbons (Fsp3) is 0.667. The number of rotatable bonds is 4. The summed E-state index contributed by atoms with van der Waals surface area (Å²) in [5, 5.41) is 12.0. The smallest absolute Gasteiger partial charge is 0.329 e. The molecular weight excluding hydrogens is 220 g/mol. The van der Waals surface area contributed by atoms with Gasteiger partial charge in [-0.15, -0.1) is 6.58 Å². The number of aliphatic carboxylic acids is 1. The fourth-order valence-electron chi connectivity index (χ4n) is 2.05. The van der Waals surface area contributed by atoms with Crippen molar-refractivity contribution in [3.8, 4) is 0 Å². The topological polar surface area (TPSA) is 69.6 Å². The maximum atomic E-state index is 11.9. The highest BCUT2D eigenvalue weighted by Gasteiger charge is 2.43. The molecule has 0 aliphatic carbocycles. The average Bonchev–Trinajstić information content (AvgIpc) is 2.29. The Morgan fingerprint density at radius 3 is 2.82 bits per heavy atom. The second-order valence-corrected chi connectivity index (χ2v) is 4.50. The predicted octanol–water partition coefficient (Wildman–Crippen LogP) is 1.60. The van der Waals surface area contributed by atoms with Crippen molar-refractivity contribution >= 4 is 12.0 Å². The van der Waals surface area contributed by atoms with Crippen molar-refractivity contribution in [1.82, 2.24) is 10.2 Å². The molecule has 0 radical (unpaired) electrons. The average molecular weight is 240 g/mol. The molecule has 1 fully saturated rings. The minimum atomic E-state index is -1.07. The van der Waals surface area contributed by atoms with Crippen LogP contribution in [-0.4, -0.2) is 40.6 Å². The van der Waals surface area contributed by atoms with E-state index < -0.39 is 11.5 Å². The fourth-order valence-corrected chi connectivity index (χ4v) is 2.05. The number of hydrogen-bond acceptors (Lipinski definition) is 2. The van der Waals surface area contributed by atoms with Gasteiger partial charge in [0.1, 0.15) is 5.54 Å². The molecule has 5 nitrogen and oxygen atoms in total. The molecule has 1 saturated heterocycles. The van der Waals surface area contributed by atoms with Crippen LogP contribution >= 0.6 is 0 Å². The van der Waals surface area contributed by atoms with Gasteiger partial charge in [-0.25, -0.2) is 9.59 Å². The van der Waals surface area contributed by atoms with Crippen molar-refractivity contribution in [2.45, 2.75) is 38.1 Å². The van der Waals surface area contributed by atoms with E-state index in [-0.39, 0.29) is 6.03 Å². The number of likely N-dealkylation sites (tertiary alicyclic amines) is 1. The third-order valence-corrected chi connectivity index (χ3v) is 3.22. The van der Waals surface area contributed by atoms with E-state index in [0.29, 0.717) is 25.9 Å². The summed E-state index contributed by atoms with van der Waals surface area (Å²) in [7, 11) is 0. The Balaban J connectivity index is 2.67. The van der Waals surface area contributed by atoms with E-state index in [2.05, 4.69) is 11.9 Å². The summed E-state index contributed by atoms with van der Waals surface area (Å²) in [5.41, 5.74) is -1.07. The summed E-state index contributed by atoms with van der Waals surface area (Å²) >= 11 is 0. The van der Waals surface area contributed by atoms with Crippen LogP contribution in [0.2, 0.25) is 0 Å². The largest absolute Gasteiger partial charge is 0.480 e. The highest BCUT2D eigenvalue weighted by atomic mass is 16.4. The Labute approximate surface area is 101 Å². The molecule has 17 heavy (non-hydrogen) atoms. The lowest BCUT2D eigenvalue weighted by atomic mass is 9.89. The molecule has 0 aromatic heterocycles. The first-order chi connectivity index (χ1) is 8.02. The molecule has 2 N–H and O–H groups in total. The zero-order valence-electron chi connectivity index (χ0n) is 10.2. The molecule has 1 rings (SSSR count). The zero-order valence-corrected chi connectivity index (χ0v) is 10.2. The van der Waals surface area contributed by atoms with Gasteiger partial charge in [-0.3, -0.25) is 0 Å². The Bertz CT molecular complexity index is 317. The van der Waals surface area contributed by atoms with Gasteiger partial charge in [0, 0.05) is 13.1 Å². The summed E-state index contributed by atoms with van der Waals surface area (Å²) in [4.78, 5) is 24.6. The number of carbonyl (C=O) groups is 2. The minimum absolute atomic E-state index is 0.295. The third-order valence-electron chi connectivity index (χ3n) is 3.22. The van der Waals surface area contributed by atoms with Gasteiger partial charge < -0.3 is 15.3 Å². The molecule has 0 bridgehead atoms. The molecule has 0 saturated carbocycles. The molecular formula is C12H20N2O3. The Kier molecular flexibility index (Phi) is 4.54. The number of carboxylic acid groups (broad SMARTS) is 1. The predicted molar refractivity (Wildman–Crippen MR) is 64.8 cm³/mol. The second-order valence-electron chi connectivity index (χ2n) is 4.50. The number of nitrogens with one attached hydrogen (secondary N) is 1. The van der Waals surface area contributed by atoms with Gasteiger partial charge in [0.05, 0.1) is 0 Å². The number of amides is 2. The van der Waals surface area contributed by atoms with Gasteiger partial charge in [-0.05, 0) is 32.6 Å². The van der Waals surface area contributed by atoms with Crippen LogP contribution in [-0.2, 0) is 4.79 Å². The lowest BCUT2D eigenvalue weighted by Crippen LogP contribution is -2.60. The summed E-state index contributed by atoms with van der Waals surface area (Å²) in [5.74, 6) is -0.934. The van der Waals surface area contributed by atoms with Gasteiger partial charge in [0.15, 0.2) is 0 Å². The van der Waals surface area contributed by atoms with Crippen molar-refractivity contribution in [2.24, 2.45) is 0 Å². The molecule has 1 aliphatic heterocycles. The second kappa shape index (κ2) is 5.70. The molecule has 1 heterocycles. The quantitative estimate of drug-likeness (QED) is 0.579. The van der Waals surface area contributed by atoms with E-state index in [1.807, 2.05) is 0 Å². The maximum absolute atomic E-state index is 11.9. The van der Waals surface area contributed by atoms with Gasteiger partial charge >= 0.3 is 12.0 Å². The van der Waals surface area contributed by atoms with Crippen molar-refractivity contribution < 1.29 is 14.7 Å². The molecule has 0 spiro atoms. The highest BCUT2D eigenvalue weighted by molar-refractivity contribution is 5.86. The van der Waals surface area contributed by atoms with Crippen molar-refractivity contribution in [2.75, 3.05) is 13.1 Å². The number of piperidine rings is 1. The maximum Gasteiger partial charge on any atom is 0.329 e. The van der Waals surface area contributed by atoms with Crippen LogP contribution in [0.1, 0.15) is 32.6 Å². The van der Waals surface area contributed by atoms with Gasteiger partial charge in [-0.1, -0.05) is 6.08 Å². The summed E-state index contributed by atoms with van der Waals surface area (Å²) < 4.78 is 0. The number of hydrogen-bond donors (Lipinski definition) is 2. The van der Waals surface area contributed by atoms with E-state index in [9.17, 15) is 14.7 Å². The lowest BCUT2D eigenvalue weighted by Gasteiger charge is -2.41. The van der Waals surface area contributed by atoms with E-state index in [1.54, 1.807) is 13.0 Å². The van der Waals surface area contributed by atoms with Crippen LogP contribution in [0.15, 0.2) is 12.7 Å². The van der Waals surface area contributed by atoms with Crippen LogP contribution in [0.5, 0.6) is 0 Å². The third kappa shape index (κ3) is 2.99. The first-order valence-corrected chi connectivity index (χ1v) is 5.92. The molecule has 0 aromatic carbocycles. The normalized spacial score (nSPS) is 24.2. The summed E-state index contributed by atoms with van der Waals surface area (Å²) in [6.45, 7) is 6.18. The minimum Gasteiger partial charge on any atom is -0.480 e. The molecule has 1 unspecified atom stereocenters. The molecule has 0 aromatic rings.